The second-order valence-corrected chi connectivity index (χ2v) is 6.62. The van der Waals surface area contributed by atoms with E-state index in [2.05, 4.69) is 56.2 Å². The summed E-state index contributed by atoms with van der Waals surface area (Å²) in [5, 5.41) is 4.28. The van der Waals surface area contributed by atoms with Gasteiger partial charge in [-0.3, -0.25) is 0 Å². The Bertz CT molecular complexity index is 599. The lowest BCUT2D eigenvalue weighted by Gasteiger charge is -2.19. The maximum Gasteiger partial charge on any atom is 0.0496 e. The molecular formula is C15H14Br2ClN. The van der Waals surface area contributed by atoms with E-state index in [4.69, 9.17) is 11.6 Å². The summed E-state index contributed by atoms with van der Waals surface area (Å²) in [5.41, 5.74) is 3.35. The molecule has 19 heavy (non-hydrogen) atoms. The van der Waals surface area contributed by atoms with Gasteiger partial charge in [0.2, 0.25) is 0 Å². The molecule has 0 saturated carbocycles. The summed E-state index contributed by atoms with van der Waals surface area (Å²) < 4.78 is 2.15. The van der Waals surface area contributed by atoms with Gasteiger partial charge in [-0.2, -0.15) is 0 Å². The van der Waals surface area contributed by atoms with E-state index in [9.17, 15) is 0 Å². The van der Waals surface area contributed by atoms with Crippen molar-refractivity contribution < 1.29 is 0 Å². The predicted molar refractivity (Wildman–Crippen MR) is 90.1 cm³/mol. The number of halogens is 3. The van der Waals surface area contributed by atoms with E-state index in [0.29, 0.717) is 0 Å². The van der Waals surface area contributed by atoms with E-state index in [1.165, 1.54) is 5.56 Å². The summed E-state index contributed by atoms with van der Waals surface area (Å²) in [4.78, 5) is 0. The van der Waals surface area contributed by atoms with Gasteiger partial charge in [0, 0.05) is 25.7 Å². The Hall–Kier alpha value is -0.510. The fourth-order valence-electron chi connectivity index (χ4n) is 1.93. The minimum Gasteiger partial charge on any atom is -0.378 e. The molecule has 4 heteroatoms. The van der Waals surface area contributed by atoms with Crippen molar-refractivity contribution in [1.82, 2.24) is 0 Å². The number of benzene rings is 2. The summed E-state index contributed by atoms with van der Waals surface area (Å²) in [6.45, 7) is 4.16. The van der Waals surface area contributed by atoms with Crippen LogP contribution in [0.5, 0.6) is 0 Å². The highest BCUT2D eigenvalue weighted by Crippen LogP contribution is 2.31. The molecule has 1 unspecified atom stereocenters. The molecule has 2 rings (SSSR count). The first kappa shape index (κ1) is 14.9. The van der Waals surface area contributed by atoms with E-state index >= 15 is 0 Å². The Labute approximate surface area is 135 Å². The van der Waals surface area contributed by atoms with Crippen LogP contribution < -0.4 is 5.32 Å². The zero-order valence-electron chi connectivity index (χ0n) is 10.7. The third-order valence-electron chi connectivity index (χ3n) is 3.07. The number of hydrogen-bond donors (Lipinski definition) is 1. The van der Waals surface area contributed by atoms with E-state index in [1.807, 2.05) is 31.2 Å². The fourth-order valence-corrected chi connectivity index (χ4v) is 3.49. The van der Waals surface area contributed by atoms with Gasteiger partial charge >= 0.3 is 0 Å². The van der Waals surface area contributed by atoms with Crippen LogP contribution in [0.2, 0.25) is 5.02 Å². The first-order valence-corrected chi connectivity index (χ1v) is 7.92. The van der Waals surface area contributed by atoms with Gasteiger partial charge in [0.15, 0.2) is 0 Å². The van der Waals surface area contributed by atoms with Gasteiger partial charge in [-0.15, -0.1) is 0 Å². The van der Waals surface area contributed by atoms with Crippen molar-refractivity contribution in [3.63, 3.8) is 0 Å². The van der Waals surface area contributed by atoms with Crippen LogP contribution in [0.4, 0.5) is 5.69 Å². The third kappa shape index (κ3) is 3.53. The Balaban J connectivity index is 2.25. The monoisotopic (exact) mass is 401 g/mol. The number of nitrogens with one attached hydrogen (secondary N) is 1. The minimum atomic E-state index is 0.194. The predicted octanol–water partition coefficient (Wildman–Crippen LogP) is 6.35. The van der Waals surface area contributed by atoms with Crippen LogP contribution in [-0.2, 0) is 0 Å². The van der Waals surface area contributed by atoms with Gasteiger partial charge in [0.05, 0.1) is 0 Å². The van der Waals surface area contributed by atoms with Gasteiger partial charge in [-0.05, 0) is 49.2 Å². The fraction of sp³-hybridized carbons (Fsp3) is 0.200. The van der Waals surface area contributed by atoms with E-state index in [-0.39, 0.29) is 6.04 Å². The van der Waals surface area contributed by atoms with Gasteiger partial charge in [0.1, 0.15) is 0 Å². The number of anilines is 1. The zero-order valence-corrected chi connectivity index (χ0v) is 14.6. The van der Waals surface area contributed by atoms with Crippen molar-refractivity contribution in [3.05, 3.63) is 61.5 Å². The maximum absolute atomic E-state index is 6.14. The Morgan fingerprint density at radius 3 is 2.58 bits per heavy atom. The quantitative estimate of drug-likeness (QED) is 0.630. The van der Waals surface area contributed by atoms with Crippen LogP contribution in [0, 0.1) is 6.92 Å². The molecule has 0 amide bonds. The smallest absolute Gasteiger partial charge is 0.0496 e. The molecule has 0 heterocycles. The molecule has 1 atom stereocenters. The highest BCUT2D eigenvalue weighted by molar-refractivity contribution is 9.11. The third-order valence-corrected chi connectivity index (χ3v) is 4.66. The Kier molecular flexibility index (Phi) is 4.93. The van der Waals surface area contributed by atoms with Gasteiger partial charge in [-0.1, -0.05) is 55.6 Å². The second kappa shape index (κ2) is 6.29. The molecule has 0 aliphatic heterocycles. The summed E-state index contributed by atoms with van der Waals surface area (Å²) in [7, 11) is 0. The van der Waals surface area contributed by atoms with E-state index in [1.54, 1.807) is 0 Å². The Morgan fingerprint density at radius 2 is 1.89 bits per heavy atom. The van der Waals surface area contributed by atoms with Gasteiger partial charge in [-0.25, -0.2) is 0 Å². The molecule has 0 aliphatic rings. The van der Waals surface area contributed by atoms with Crippen LogP contribution in [0.1, 0.15) is 24.1 Å². The molecule has 0 fully saturated rings. The molecule has 2 aromatic carbocycles. The SMILES string of the molecule is Cc1c(Cl)cccc1NC(C)c1ccc(Br)cc1Br. The lowest BCUT2D eigenvalue weighted by molar-refractivity contribution is 0.876. The summed E-state index contributed by atoms with van der Waals surface area (Å²) >= 11 is 13.2. The lowest BCUT2D eigenvalue weighted by atomic mass is 10.1. The lowest BCUT2D eigenvalue weighted by Crippen LogP contribution is -2.08. The van der Waals surface area contributed by atoms with Gasteiger partial charge < -0.3 is 5.32 Å². The molecule has 0 radical (unpaired) electrons. The highest BCUT2D eigenvalue weighted by Gasteiger charge is 2.11. The van der Waals surface area contributed by atoms with Crippen molar-refractivity contribution in [2.24, 2.45) is 0 Å². The van der Waals surface area contributed by atoms with Crippen LogP contribution in [0.15, 0.2) is 45.3 Å². The highest BCUT2D eigenvalue weighted by atomic mass is 79.9. The van der Waals surface area contributed by atoms with Crippen molar-refractivity contribution in [2.75, 3.05) is 5.32 Å². The summed E-state index contributed by atoms with van der Waals surface area (Å²) in [6.07, 6.45) is 0. The molecule has 1 N–H and O–H groups in total. The van der Waals surface area contributed by atoms with E-state index in [0.717, 1.165) is 25.2 Å². The standard InChI is InChI=1S/C15H14Br2ClN/c1-9-14(18)4-3-5-15(9)19-10(2)12-7-6-11(16)8-13(12)17/h3-8,10,19H,1-2H3. The molecule has 0 saturated heterocycles. The van der Waals surface area contributed by atoms with Crippen molar-refractivity contribution in [3.8, 4) is 0 Å². The minimum absolute atomic E-state index is 0.194. The topological polar surface area (TPSA) is 12.0 Å². The summed E-state index contributed by atoms with van der Waals surface area (Å²) in [6, 6.07) is 12.3. The van der Waals surface area contributed by atoms with Crippen LogP contribution in [-0.4, -0.2) is 0 Å². The first-order valence-electron chi connectivity index (χ1n) is 5.95. The van der Waals surface area contributed by atoms with Crippen LogP contribution in [0.25, 0.3) is 0 Å². The normalized spacial score (nSPS) is 12.3. The molecule has 0 bridgehead atoms. The average molecular weight is 404 g/mol. The maximum atomic E-state index is 6.14. The first-order chi connectivity index (χ1) is 8.99. The van der Waals surface area contributed by atoms with Crippen molar-refractivity contribution in [1.29, 1.82) is 0 Å². The van der Waals surface area contributed by atoms with Gasteiger partial charge in [0.25, 0.3) is 0 Å². The molecule has 0 aliphatic carbocycles. The largest absolute Gasteiger partial charge is 0.378 e. The molecule has 1 nitrogen and oxygen atoms in total. The van der Waals surface area contributed by atoms with Crippen molar-refractivity contribution in [2.45, 2.75) is 19.9 Å². The molecule has 0 aromatic heterocycles. The number of hydrogen-bond acceptors (Lipinski definition) is 1. The molecular weight excluding hydrogens is 389 g/mol. The molecule has 100 valence electrons. The molecule has 0 spiro atoms. The second-order valence-electron chi connectivity index (χ2n) is 4.44. The number of rotatable bonds is 3. The van der Waals surface area contributed by atoms with Crippen LogP contribution in [0.3, 0.4) is 0 Å². The van der Waals surface area contributed by atoms with E-state index < -0.39 is 0 Å². The zero-order chi connectivity index (χ0) is 14.0. The van der Waals surface area contributed by atoms with Crippen LogP contribution >= 0.6 is 43.5 Å². The molecule has 2 aromatic rings. The van der Waals surface area contributed by atoms with Crippen molar-refractivity contribution >= 4 is 49.1 Å². The average Bonchev–Trinajstić information content (AvgIpc) is 2.34. The Morgan fingerprint density at radius 1 is 1.16 bits per heavy atom. The summed E-state index contributed by atoms with van der Waals surface area (Å²) in [5.74, 6) is 0.